The van der Waals surface area contributed by atoms with E-state index >= 15 is 0 Å². The number of unbranched alkanes of at least 4 members (excludes halogenated alkanes) is 1. The molecule has 0 saturated carbocycles. The minimum Gasteiger partial charge on any atom is -0.494 e. The van der Waals surface area contributed by atoms with Crippen molar-refractivity contribution in [2.75, 3.05) is 19.8 Å². The minimum atomic E-state index is -0.579. The van der Waals surface area contributed by atoms with Gasteiger partial charge in [-0.1, -0.05) is 37.1 Å². The quantitative estimate of drug-likeness (QED) is 0.551. The fourth-order valence-corrected chi connectivity index (χ4v) is 4.06. The number of benzene rings is 2. The lowest BCUT2D eigenvalue weighted by Gasteiger charge is -2.25. The first-order valence-corrected chi connectivity index (χ1v) is 10.8. The highest BCUT2D eigenvalue weighted by Gasteiger charge is 2.42. The number of aryl methyl sites for hydroxylation is 1. The van der Waals surface area contributed by atoms with E-state index in [4.69, 9.17) is 9.15 Å². The third-order valence-electron chi connectivity index (χ3n) is 5.62. The van der Waals surface area contributed by atoms with Gasteiger partial charge in [0.15, 0.2) is 5.43 Å². The molecule has 0 spiro atoms. The molecule has 0 bridgehead atoms. The highest BCUT2D eigenvalue weighted by Crippen LogP contribution is 2.39. The number of carbonyl (C=O) groups is 1. The Bertz CT molecular complexity index is 1170. The molecular formula is C25H27NO5. The van der Waals surface area contributed by atoms with Crippen molar-refractivity contribution >= 4 is 16.9 Å². The van der Waals surface area contributed by atoms with Crippen LogP contribution in [0.1, 0.15) is 59.5 Å². The van der Waals surface area contributed by atoms with E-state index in [9.17, 15) is 14.7 Å². The first-order valence-electron chi connectivity index (χ1n) is 10.8. The summed E-state index contributed by atoms with van der Waals surface area (Å²) in [6.07, 6.45) is 2.40. The van der Waals surface area contributed by atoms with Gasteiger partial charge in [0.05, 0.1) is 23.6 Å². The summed E-state index contributed by atoms with van der Waals surface area (Å²) >= 11 is 0. The van der Waals surface area contributed by atoms with Crippen LogP contribution in [0.15, 0.2) is 51.7 Å². The molecule has 0 radical (unpaired) electrons. The maximum absolute atomic E-state index is 13.5. The Balaban J connectivity index is 1.85. The zero-order chi connectivity index (χ0) is 22.0. The monoisotopic (exact) mass is 421 g/mol. The number of aliphatic hydroxyl groups is 1. The van der Waals surface area contributed by atoms with E-state index in [2.05, 4.69) is 6.92 Å². The van der Waals surface area contributed by atoms with Gasteiger partial charge in [0.25, 0.3) is 5.91 Å². The molecular weight excluding hydrogens is 394 g/mol. The van der Waals surface area contributed by atoms with Gasteiger partial charge in [0.2, 0.25) is 5.76 Å². The van der Waals surface area contributed by atoms with Crippen LogP contribution in [0.3, 0.4) is 0 Å². The van der Waals surface area contributed by atoms with Crippen LogP contribution in [0.4, 0.5) is 0 Å². The summed E-state index contributed by atoms with van der Waals surface area (Å²) in [6.45, 7) is 4.90. The summed E-state index contributed by atoms with van der Waals surface area (Å²) in [5.41, 5.74) is 2.30. The van der Waals surface area contributed by atoms with E-state index in [0.29, 0.717) is 41.9 Å². The molecule has 4 rings (SSSR count). The van der Waals surface area contributed by atoms with E-state index in [-0.39, 0.29) is 23.7 Å². The molecule has 1 aliphatic heterocycles. The highest BCUT2D eigenvalue weighted by molar-refractivity contribution is 5.99. The normalized spacial score (nSPS) is 15.5. The van der Waals surface area contributed by atoms with Gasteiger partial charge in [-0.05, 0) is 49.6 Å². The molecule has 1 aliphatic rings. The van der Waals surface area contributed by atoms with Crippen molar-refractivity contribution < 1.29 is 19.1 Å². The Hall–Kier alpha value is -3.12. The van der Waals surface area contributed by atoms with E-state index in [1.54, 1.807) is 17.0 Å². The van der Waals surface area contributed by atoms with E-state index in [0.717, 1.165) is 24.0 Å². The van der Waals surface area contributed by atoms with Crippen molar-refractivity contribution in [1.82, 2.24) is 4.90 Å². The molecule has 31 heavy (non-hydrogen) atoms. The molecule has 0 fully saturated rings. The van der Waals surface area contributed by atoms with Crippen molar-refractivity contribution in [3.63, 3.8) is 0 Å². The molecule has 0 aliphatic carbocycles. The van der Waals surface area contributed by atoms with Gasteiger partial charge >= 0.3 is 0 Å². The van der Waals surface area contributed by atoms with Crippen molar-refractivity contribution in [1.29, 1.82) is 0 Å². The number of hydrogen-bond acceptors (Lipinski definition) is 5. The van der Waals surface area contributed by atoms with E-state index in [1.807, 2.05) is 37.3 Å². The van der Waals surface area contributed by atoms with Crippen LogP contribution in [0.2, 0.25) is 0 Å². The Labute approximate surface area is 181 Å². The van der Waals surface area contributed by atoms with Crippen LogP contribution in [0.5, 0.6) is 5.75 Å². The summed E-state index contributed by atoms with van der Waals surface area (Å²) in [5.74, 6) is 0.460. The summed E-state index contributed by atoms with van der Waals surface area (Å²) in [6, 6.07) is 12.3. The smallest absolute Gasteiger partial charge is 0.290 e. The number of amides is 1. The number of aliphatic hydroxyl groups excluding tert-OH is 1. The first-order chi connectivity index (χ1) is 15.0. The van der Waals surface area contributed by atoms with Gasteiger partial charge < -0.3 is 19.2 Å². The average Bonchev–Trinajstić information content (AvgIpc) is 3.05. The molecule has 1 amide bonds. The summed E-state index contributed by atoms with van der Waals surface area (Å²) in [5, 5.41) is 9.82. The van der Waals surface area contributed by atoms with Crippen molar-refractivity contribution in [2.24, 2.45) is 0 Å². The number of carbonyl (C=O) groups excluding carboxylic acids is 1. The predicted molar refractivity (Wildman–Crippen MR) is 119 cm³/mol. The highest BCUT2D eigenvalue weighted by atomic mass is 16.5. The van der Waals surface area contributed by atoms with E-state index < -0.39 is 6.04 Å². The fourth-order valence-electron chi connectivity index (χ4n) is 4.06. The number of fused-ring (bicyclic) bond motifs is 2. The second-order valence-electron chi connectivity index (χ2n) is 7.93. The fraction of sp³-hybridized carbons (Fsp3) is 0.360. The van der Waals surface area contributed by atoms with Gasteiger partial charge in [-0.2, -0.15) is 0 Å². The van der Waals surface area contributed by atoms with Crippen molar-refractivity contribution in [2.45, 2.75) is 39.2 Å². The lowest BCUT2D eigenvalue weighted by Crippen LogP contribution is -2.31. The van der Waals surface area contributed by atoms with Crippen molar-refractivity contribution in [3.05, 3.63) is 75.1 Å². The maximum atomic E-state index is 13.5. The van der Waals surface area contributed by atoms with Crippen LogP contribution in [-0.2, 0) is 0 Å². The van der Waals surface area contributed by atoms with Crippen LogP contribution in [0.25, 0.3) is 11.0 Å². The molecule has 6 nitrogen and oxygen atoms in total. The summed E-state index contributed by atoms with van der Waals surface area (Å²) in [4.78, 5) is 28.3. The Morgan fingerprint density at radius 2 is 1.97 bits per heavy atom. The molecule has 3 aromatic rings. The molecule has 2 aromatic carbocycles. The zero-order valence-corrected chi connectivity index (χ0v) is 17.9. The second kappa shape index (κ2) is 8.94. The molecule has 1 atom stereocenters. The van der Waals surface area contributed by atoms with Crippen LogP contribution >= 0.6 is 0 Å². The Morgan fingerprint density at radius 3 is 2.74 bits per heavy atom. The third-order valence-corrected chi connectivity index (χ3v) is 5.62. The molecule has 6 heteroatoms. The largest absolute Gasteiger partial charge is 0.494 e. The number of hydrogen-bond donors (Lipinski definition) is 1. The topological polar surface area (TPSA) is 80.0 Å². The number of nitrogens with zero attached hydrogens (tertiary/aromatic N) is 1. The summed E-state index contributed by atoms with van der Waals surface area (Å²) < 4.78 is 11.8. The Morgan fingerprint density at radius 1 is 1.13 bits per heavy atom. The average molecular weight is 421 g/mol. The SMILES string of the molecule is CCCCOc1cccc(C2c3c(oc4ccc(C)cc4c3=O)C(=O)N2CCCO)c1. The predicted octanol–water partition coefficient (Wildman–Crippen LogP) is 4.21. The van der Waals surface area contributed by atoms with Gasteiger partial charge in [-0.25, -0.2) is 0 Å². The molecule has 0 saturated heterocycles. The van der Waals surface area contributed by atoms with Gasteiger partial charge in [0.1, 0.15) is 11.3 Å². The van der Waals surface area contributed by atoms with Crippen LogP contribution in [0, 0.1) is 6.92 Å². The standard InChI is InChI=1S/C25H27NO5/c1-3-4-13-30-18-8-5-7-17(15-18)22-21-23(28)19-14-16(2)9-10-20(19)31-24(21)25(29)26(22)11-6-12-27/h5,7-10,14-15,22,27H,3-4,6,11-13H2,1-2H3. The molecule has 1 unspecified atom stereocenters. The zero-order valence-electron chi connectivity index (χ0n) is 17.9. The van der Waals surface area contributed by atoms with Crippen molar-refractivity contribution in [3.8, 4) is 5.75 Å². The Kier molecular flexibility index (Phi) is 6.09. The maximum Gasteiger partial charge on any atom is 0.290 e. The molecule has 1 aromatic heterocycles. The van der Waals surface area contributed by atoms with Crippen LogP contribution < -0.4 is 10.2 Å². The molecule has 162 valence electrons. The summed E-state index contributed by atoms with van der Waals surface area (Å²) in [7, 11) is 0. The number of ether oxygens (including phenoxy) is 1. The van der Waals surface area contributed by atoms with Gasteiger partial charge in [-0.3, -0.25) is 9.59 Å². The minimum absolute atomic E-state index is 0.0461. The van der Waals surface area contributed by atoms with Gasteiger partial charge in [0, 0.05) is 13.2 Å². The lowest BCUT2D eigenvalue weighted by atomic mass is 9.98. The third kappa shape index (κ3) is 3.95. The molecule has 1 N–H and O–H groups in total. The lowest BCUT2D eigenvalue weighted by molar-refractivity contribution is 0.0716. The van der Waals surface area contributed by atoms with Crippen LogP contribution in [-0.4, -0.2) is 35.7 Å². The molecule has 2 heterocycles. The van der Waals surface area contributed by atoms with Gasteiger partial charge in [-0.15, -0.1) is 0 Å². The first kappa shape index (κ1) is 21.1. The second-order valence-corrected chi connectivity index (χ2v) is 7.93. The van der Waals surface area contributed by atoms with E-state index in [1.165, 1.54) is 0 Å². The number of rotatable bonds is 8.